The Morgan fingerprint density at radius 2 is 1.78 bits per heavy atom. The van der Waals surface area contributed by atoms with Gasteiger partial charge in [-0.05, 0) is 47.5 Å². The second kappa shape index (κ2) is 6.48. The molecule has 23 heavy (non-hydrogen) atoms. The summed E-state index contributed by atoms with van der Waals surface area (Å²) in [6.45, 7) is 1.94. The molecule has 0 spiro atoms. The van der Waals surface area contributed by atoms with E-state index in [1.54, 1.807) is 6.07 Å². The second-order valence-electron chi connectivity index (χ2n) is 5.42. The lowest BCUT2D eigenvalue weighted by molar-refractivity contribution is -0.114. The van der Waals surface area contributed by atoms with Crippen molar-refractivity contribution >= 4 is 28.1 Å². The quantitative estimate of drug-likeness (QED) is 0.753. The molecular weight excluding hydrogens is 291 g/mol. The summed E-state index contributed by atoms with van der Waals surface area (Å²) >= 11 is 0. The van der Waals surface area contributed by atoms with Gasteiger partial charge in [-0.1, -0.05) is 36.4 Å². The molecule has 0 atom stereocenters. The average molecular weight is 308 g/mol. The molecule has 4 heteroatoms. The van der Waals surface area contributed by atoms with Gasteiger partial charge in [0, 0.05) is 11.4 Å². The van der Waals surface area contributed by atoms with Gasteiger partial charge in [0.1, 0.15) is 5.82 Å². The van der Waals surface area contributed by atoms with Gasteiger partial charge in [0.2, 0.25) is 5.91 Å². The monoisotopic (exact) mass is 308 g/mol. The topological polar surface area (TPSA) is 41.1 Å². The van der Waals surface area contributed by atoms with Crippen LogP contribution in [0.25, 0.3) is 10.8 Å². The molecule has 0 fully saturated rings. The number of carbonyl (C=O) groups is 1. The van der Waals surface area contributed by atoms with E-state index in [1.165, 1.54) is 12.1 Å². The van der Waals surface area contributed by atoms with Gasteiger partial charge < -0.3 is 10.6 Å². The van der Waals surface area contributed by atoms with Gasteiger partial charge in [0.25, 0.3) is 0 Å². The molecular formula is C19H17FN2O. The Bertz CT molecular complexity index is 861. The lowest BCUT2D eigenvalue weighted by Gasteiger charge is -2.10. The SMILES string of the molecule is Cc1ccc(F)cc1NCC(=O)Nc1ccc2ccccc2c1. The summed E-state index contributed by atoms with van der Waals surface area (Å²) < 4.78 is 13.2. The minimum atomic E-state index is -0.326. The first-order valence-corrected chi connectivity index (χ1v) is 7.40. The minimum Gasteiger partial charge on any atom is -0.376 e. The largest absolute Gasteiger partial charge is 0.376 e. The van der Waals surface area contributed by atoms with Crippen LogP contribution in [0.15, 0.2) is 60.7 Å². The fourth-order valence-electron chi connectivity index (χ4n) is 2.43. The van der Waals surface area contributed by atoms with Crippen molar-refractivity contribution in [3.05, 3.63) is 72.0 Å². The molecule has 0 saturated heterocycles. The molecule has 0 saturated carbocycles. The maximum absolute atomic E-state index is 13.2. The van der Waals surface area contributed by atoms with Crippen molar-refractivity contribution in [2.45, 2.75) is 6.92 Å². The van der Waals surface area contributed by atoms with Crippen LogP contribution in [0.1, 0.15) is 5.56 Å². The Morgan fingerprint density at radius 1 is 1.00 bits per heavy atom. The molecule has 0 aromatic heterocycles. The highest BCUT2D eigenvalue weighted by Gasteiger charge is 2.05. The fourth-order valence-corrected chi connectivity index (χ4v) is 2.43. The predicted octanol–water partition coefficient (Wildman–Crippen LogP) is 4.34. The van der Waals surface area contributed by atoms with E-state index in [4.69, 9.17) is 0 Å². The van der Waals surface area contributed by atoms with Crippen LogP contribution in [0.5, 0.6) is 0 Å². The molecule has 3 aromatic rings. The predicted molar refractivity (Wildman–Crippen MR) is 92.2 cm³/mol. The maximum Gasteiger partial charge on any atom is 0.243 e. The number of fused-ring (bicyclic) bond motifs is 1. The zero-order chi connectivity index (χ0) is 16.2. The second-order valence-corrected chi connectivity index (χ2v) is 5.42. The van der Waals surface area contributed by atoms with E-state index in [2.05, 4.69) is 10.6 Å². The van der Waals surface area contributed by atoms with E-state index in [0.29, 0.717) is 5.69 Å². The number of hydrogen-bond donors (Lipinski definition) is 2. The first-order chi connectivity index (χ1) is 11.1. The van der Waals surface area contributed by atoms with Crippen molar-refractivity contribution in [1.29, 1.82) is 0 Å². The molecule has 0 aliphatic heterocycles. The average Bonchev–Trinajstić information content (AvgIpc) is 2.55. The molecule has 0 aliphatic rings. The number of anilines is 2. The number of carbonyl (C=O) groups excluding carboxylic acids is 1. The third-order valence-corrected chi connectivity index (χ3v) is 3.67. The highest BCUT2D eigenvalue weighted by molar-refractivity contribution is 5.96. The van der Waals surface area contributed by atoms with Gasteiger partial charge in [0.05, 0.1) is 6.54 Å². The summed E-state index contributed by atoms with van der Waals surface area (Å²) in [4.78, 5) is 12.1. The van der Waals surface area contributed by atoms with Crippen LogP contribution in [0, 0.1) is 12.7 Å². The van der Waals surface area contributed by atoms with Gasteiger partial charge in [-0.3, -0.25) is 4.79 Å². The first kappa shape index (κ1) is 15.0. The van der Waals surface area contributed by atoms with Crippen molar-refractivity contribution in [2.24, 2.45) is 0 Å². The van der Waals surface area contributed by atoms with Crippen LogP contribution in [0.2, 0.25) is 0 Å². The summed E-state index contributed by atoms with van der Waals surface area (Å²) in [6.07, 6.45) is 0. The highest BCUT2D eigenvalue weighted by atomic mass is 19.1. The summed E-state index contributed by atoms with van der Waals surface area (Å²) in [5.74, 6) is -0.503. The van der Waals surface area contributed by atoms with Crippen LogP contribution in [-0.4, -0.2) is 12.5 Å². The van der Waals surface area contributed by atoms with Gasteiger partial charge in [0.15, 0.2) is 0 Å². The van der Waals surface area contributed by atoms with Crippen LogP contribution >= 0.6 is 0 Å². The first-order valence-electron chi connectivity index (χ1n) is 7.40. The Labute approximate surface area is 134 Å². The number of halogens is 1. The molecule has 116 valence electrons. The lowest BCUT2D eigenvalue weighted by atomic mass is 10.1. The smallest absolute Gasteiger partial charge is 0.243 e. The third kappa shape index (κ3) is 3.66. The van der Waals surface area contributed by atoms with Gasteiger partial charge >= 0.3 is 0 Å². The zero-order valence-electron chi connectivity index (χ0n) is 12.8. The summed E-state index contributed by atoms with van der Waals surface area (Å²) in [5, 5.41) is 7.99. The van der Waals surface area contributed by atoms with E-state index in [1.807, 2.05) is 49.4 Å². The maximum atomic E-state index is 13.2. The summed E-state index contributed by atoms with van der Waals surface area (Å²) in [6, 6.07) is 18.2. The summed E-state index contributed by atoms with van der Waals surface area (Å²) in [5.41, 5.74) is 2.26. The third-order valence-electron chi connectivity index (χ3n) is 3.67. The summed E-state index contributed by atoms with van der Waals surface area (Å²) in [7, 11) is 0. The zero-order valence-corrected chi connectivity index (χ0v) is 12.8. The molecule has 0 bridgehead atoms. The van der Waals surface area contributed by atoms with Crippen molar-refractivity contribution in [2.75, 3.05) is 17.2 Å². The standard InChI is InChI=1S/C19H17FN2O/c1-13-6-8-16(20)11-18(13)21-12-19(23)22-17-9-7-14-4-2-3-5-15(14)10-17/h2-11,21H,12H2,1H3,(H,22,23). The van der Waals surface area contributed by atoms with Crippen molar-refractivity contribution in [3.8, 4) is 0 Å². The molecule has 0 unspecified atom stereocenters. The number of rotatable bonds is 4. The molecule has 1 amide bonds. The van der Waals surface area contributed by atoms with E-state index in [9.17, 15) is 9.18 Å². The molecule has 0 heterocycles. The molecule has 0 radical (unpaired) electrons. The van der Waals surface area contributed by atoms with Crippen molar-refractivity contribution in [1.82, 2.24) is 0 Å². The van der Waals surface area contributed by atoms with E-state index in [0.717, 1.165) is 22.0 Å². The normalized spacial score (nSPS) is 10.5. The van der Waals surface area contributed by atoms with Crippen molar-refractivity contribution in [3.63, 3.8) is 0 Å². The van der Waals surface area contributed by atoms with E-state index >= 15 is 0 Å². The number of aryl methyl sites for hydroxylation is 1. The van der Waals surface area contributed by atoms with Crippen LogP contribution in [0.4, 0.5) is 15.8 Å². The Balaban J connectivity index is 1.65. The fraction of sp³-hybridized carbons (Fsp3) is 0.105. The number of amides is 1. The number of hydrogen-bond acceptors (Lipinski definition) is 2. The Kier molecular flexibility index (Phi) is 4.24. The molecule has 2 N–H and O–H groups in total. The number of nitrogens with one attached hydrogen (secondary N) is 2. The number of benzene rings is 3. The minimum absolute atomic E-state index is 0.0805. The lowest BCUT2D eigenvalue weighted by Crippen LogP contribution is -2.22. The highest BCUT2D eigenvalue weighted by Crippen LogP contribution is 2.19. The molecule has 3 rings (SSSR count). The molecule has 3 nitrogen and oxygen atoms in total. The van der Waals surface area contributed by atoms with Gasteiger partial charge in [-0.2, -0.15) is 0 Å². The van der Waals surface area contributed by atoms with Gasteiger partial charge in [-0.25, -0.2) is 4.39 Å². The van der Waals surface area contributed by atoms with E-state index in [-0.39, 0.29) is 18.3 Å². The Morgan fingerprint density at radius 3 is 2.61 bits per heavy atom. The van der Waals surface area contributed by atoms with Crippen LogP contribution in [-0.2, 0) is 4.79 Å². The Hall–Kier alpha value is -2.88. The van der Waals surface area contributed by atoms with Crippen LogP contribution < -0.4 is 10.6 Å². The van der Waals surface area contributed by atoms with Gasteiger partial charge in [-0.15, -0.1) is 0 Å². The molecule has 3 aromatic carbocycles. The molecule has 0 aliphatic carbocycles. The van der Waals surface area contributed by atoms with Crippen LogP contribution in [0.3, 0.4) is 0 Å². The van der Waals surface area contributed by atoms with Crippen molar-refractivity contribution < 1.29 is 9.18 Å². The van der Waals surface area contributed by atoms with E-state index < -0.39 is 0 Å².